The molecule has 1 aliphatic heterocycles. The summed E-state index contributed by atoms with van der Waals surface area (Å²) in [6, 6.07) is 5.35. The molecule has 2 N–H and O–H groups in total. The molecule has 0 spiro atoms. The van der Waals surface area contributed by atoms with Crippen LogP contribution in [0.4, 0.5) is 0 Å². The van der Waals surface area contributed by atoms with Crippen molar-refractivity contribution < 1.29 is 5.11 Å². The molecular formula is C17H26N2O. The summed E-state index contributed by atoms with van der Waals surface area (Å²) in [7, 11) is 0. The minimum atomic E-state index is 0.374. The Hall–Kier alpha value is -1.06. The summed E-state index contributed by atoms with van der Waals surface area (Å²) >= 11 is 0. The van der Waals surface area contributed by atoms with Gasteiger partial charge in [0.1, 0.15) is 5.75 Å². The van der Waals surface area contributed by atoms with Crippen molar-refractivity contribution in [2.75, 3.05) is 13.1 Å². The second-order valence-electron chi connectivity index (χ2n) is 6.74. The van der Waals surface area contributed by atoms with Gasteiger partial charge in [-0.25, -0.2) is 0 Å². The van der Waals surface area contributed by atoms with Crippen molar-refractivity contribution in [2.24, 2.45) is 0 Å². The molecule has 0 aromatic heterocycles. The molecule has 3 rings (SSSR count). The van der Waals surface area contributed by atoms with Crippen LogP contribution >= 0.6 is 0 Å². The molecule has 1 heterocycles. The highest BCUT2D eigenvalue weighted by Gasteiger charge is 2.38. The zero-order chi connectivity index (χ0) is 14.4. The average molecular weight is 274 g/mol. The van der Waals surface area contributed by atoms with Crippen molar-refractivity contribution in [3.63, 3.8) is 0 Å². The van der Waals surface area contributed by atoms with Crippen LogP contribution in [0, 0.1) is 6.92 Å². The molecule has 0 radical (unpaired) electrons. The van der Waals surface area contributed by atoms with Gasteiger partial charge in [-0.15, -0.1) is 0 Å². The van der Waals surface area contributed by atoms with Crippen LogP contribution in [0.2, 0.25) is 0 Å². The number of aryl methyl sites for hydroxylation is 1. The zero-order valence-corrected chi connectivity index (χ0v) is 13.0. The van der Waals surface area contributed by atoms with E-state index in [9.17, 15) is 5.11 Å². The monoisotopic (exact) mass is 274 g/mol. The van der Waals surface area contributed by atoms with E-state index in [1.165, 1.54) is 16.7 Å². The van der Waals surface area contributed by atoms with Gasteiger partial charge in [-0.05, 0) is 50.3 Å². The fourth-order valence-corrected chi connectivity index (χ4v) is 4.09. The first-order valence-corrected chi connectivity index (χ1v) is 7.80. The maximum Gasteiger partial charge on any atom is 0.120 e. The molecule has 4 atom stereocenters. The second kappa shape index (κ2) is 5.05. The molecule has 4 unspecified atom stereocenters. The van der Waals surface area contributed by atoms with E-state index >= 15 is 0 Å². The van der Waals surface area contributed by atoms with E-state index in [0.717, 1.165) is 19.5 Å². The van der Waals surface area contributed by atoms with Crippen LogP contribution in [0.5, 0.6) is 5.75 Å². The van der Waals surface area contributed by atoms with Crippen molar-refractivity contribution in [1.29, 1.82) is 0 Å². The summed E-state index contributed by atoms with van der Waals surface area (Å²) in [4.78, 5) is 2.59. The van der Waals surface area contributed by atoms with Crippen molar-refractivity contribution in [1.82, 2.24) is 10.2 Å². The van der Waals surface area contributed by atoms with Crippen LogP contribution in [0.3, 0.4) is 0 Å². The van der Waals surface area contributed by atoms with Crippen LogP contribution in [0.1, 0.15) is 55.8 Å². The summed E-state index contributed by atoms with van der Waals surface area (Å²) in [6.07, 6.45) is 1.13. The molecule has 0 bridgehead atoms. The molecule has 110 valence electrons. The van der Waals surface area contributed by atoms with Crippen LogP contribution in [0.15, 0.2) is 12.1 Å². The number of nitrogens with zero attached hydrogens (tertiary/aromatic N) is 1. The lowest BCUT2D eigenvalue weighted by molar-refractivity contribution is 0.0917. The Morgan fingerprint density at radius 2 is 1.95 bits per heavy atom. The first kappa shape index (κ1) is 13.9. The van der Waals surface area contributed by atoms with Gasteiger partial charge < -0.3 is 10.4 Å². The first-order valence-electron chi connectivity index (χ1n) is 7.80. The van der Waals surface area contributed by atoms with E-state index in [4.69, 9.17) is 0 Å². The van der Waals surface area contributed by atoms with Crippen LogP contribution in [-0.2, 0) is 0 Å². The molecule has 1 aromatic carbocycles. The van der Waals surface area contributed by atoms with E-state index in [0.29, 0.717) is 29.8 Å². The van der Waals surface area contributed by atoms with Gasteiger partial charge >= 0.3 is 0 Å². The maximum absolute atomic E-state index is 10.4. The fourth-order valence-electron chi connectivity index (χ4n) is 4.09. The summed E-state index contributed by atoms with van der Waals surface area (Å²) < 4.78 is 0. The van der Waals surface area contributed by atoms with Gasteiger partial charge in [-0.3, -0.25) is 4.90 Å². The molecule has 1 aliphatic carbocycles. The average Bonchev–Trinajstić information content (AvgIpc) is 2.76. The van der Waals surface area contributed by atoms with Gasteiger partial charge in [0.15, 0.2) is 0 Å². The Labute approximate surface area is 122 Å². The molecule has 1 fully saturated rings. The molecule has 1 aromatic rings. The number of nitrogens with one attached hydrogen (secondary N) is 1. The normalized spacial score (nSPS) is 34.2. The van der Waals surface area contributed by atoms with Gasteiger partial charge in [0.2, 0.25) is 0 Å². The van der Waals surface area contributed by atoms with E-state index in [2.05, 4.69) is 44.0 Å². The van der Waals surface area contributed by atoms with Crippen molar-refractivity contribution in [2.45, 2.75) is 58.2 Å². The summed E-state index contributed by atoms with van der Waals surface area (Å²) in [6.45, 7) is 11.1. The van der Waals surface area contributed by atoms with Crippen LogP contribution < -0.4 is 5.32 Å². The fraction of sp³-hybridized carbons (Fsp3) is 0.647. The summed E-state index contributed by atoms with van der Waals surface area (Å²) in [5.74, 6) is 1.03. The molecule has 3 nitrogen and oxygen atoms in total. The van der Waals surface area contributed by atoms with E-state index in [1.54, 1.807) is 0 Å². The third-order valence-corrected chi connectivity index (χ3v) is 5.10. The lowest BCUT2D eigenvalue weighted by Crippen LogP contribution is -2.54. The van der Waals surface area contributed by atoms with Gasteiger partial charge in [-0.1, -0.05) is 13.0 Å². The Morgan fingerprint density at radius 1 is 1.20 bits per heavy atom. The lowest BCUT2D eigenvalue weighted by atomic mass is 9.97. The molecular weight excluding hydrogens is 248 g/mol. The topological polar surface area (TPSA) is 35.5 Å². The first-order chi connectivity index (χ1) is 9.49. The molecule has 3 heteroatoms. The predicted octanol–water partition coefficient (Wildman–Crippen LogP) is 2.93. The van der Waals surface area contributed by atoms with Gasteiger partial charge in [0.05, 0.1) is 0 Å². The van der Waals surface area contributed by atoms with Crippen LogP contribution in [0.25, 0.3) is 0 Å². The number of phenols is 1. The number of phenolic OH excluding ortho intramolecular Hbond substituents is 1. The number of hydrogen-bond acceptors (Lipinski definition) is 3. The van der Waals surface area contributed by atoms with Crippen molar-refractivity contribution >= 4 is 0 Å². The number of rotatable bonds is 1. The number of benzene rings is 1. The Kier molecular flexibility index (Phi) is 3.51. The van der Waals surface area contributed by atoms with Crippen molar-refractivity contribution in [3.05, 3.63) is 28.8 Å². The minimum absolute atomic E-state index is 0.374. The Morgan fingerprint density at radius 3 is 2.70 bits per heavy atom. The Balaban J connectivity index is 2.00. The molecule has 2 aliphatic rings. The molecule has 20 heavy (non-hydrogen) atoms. The number of hydrogen-bond donors (Lipinski definition) is 2. The summed E-state index contributed by atoms with van der Waals surface area (Å²) in [5.41, 5.74) is 3.90. The largest absolute Gasteiger partial charge is 0.508 e. The highest BCUT2D eigenvalue weighted by atomic mass is 16.3. The quantitative estimate of drug-likeness (QED) is 0.826. The zero-order valence-electron chi connectivity index (χ0n) is 13.0. The smallest absolute Gasteiger partial charge is 0.120 e. The van der Waals surface area contributed by atoms with E-state index in [1.807, 2.05) is 6.07 Å². The van der Waals surface area contributed by atoms with Gasteiger partial charge in [-0.2, -0.15) is 0 Å². The SMILES string of the molecule is Cc1ccc(O)c2c1C(C)CC2N1CC(C)NCC1C. The number of piperazine rings is 1. The Bertz CT molecular complexity index is 514. The minimum Gasteiger partial charge on any atom is -0.508 e. The predicted molar refractivity (Wildman–Crippen MR) is 82.2 cm³/mol. The summed E-state index contributed by atoms with van der Waals surface area (Å²) in [5, 5.41) is 13.9. The lowest BCUT2D eigenvalue weighted by Gasteiger charge is -2.41. The number of aromatic hydroxyl groups is 1. The highest BCUT2D eigenvalue weighted by Crippen LogP contribution is 2.49. The third kappa shape index (κ3) is 2.13. The van der Waals surface area contributed by atoms with Crippen molar-refractivity contribution in [3.8, 4) is 5.75 Å². The van der Waals surface area contributed by atoms with Gasteiger partial charge in [0, 0.05) is 36.8 Å². The molecule has 0 saturated carbocycles. The van der Waals surface area contributed by atoms with E-state index in [-0.39, 0.29) is 0 Å². The standard InChI is InChI=1S/C17H26N2O/c1-10-5-6-15(20)17-14(7-11(2)16(10)17)19-9-12(3)18-8-13(19)4/h5-6,11-14,18,20H,7-9H2,1-4H3. The third-order valence-electron chi connectivity index (χ3n) is 5.10. The highest BCUT2D eigenvalue weighted by molar-refractivity contribution is 5.51. The molecule has 0 amide bonds. The second-order valence-corrected chi connectivity index (χ2v) is 6.74. The van der Waals surface area contributed by atoms with Crippen LogP contribution in [-0.4, -0.2) is 35.2 Å². The number of fused-ring (bicyclic) bond motifs is 1. The maximum atomic E-state index is 10.4. The van der Waals surface area contributed by atoms with Gasteiger partial charge in [0.25, 0.3) is 0 Å². The molecule has 1 saturated heterocycles. The van der Waals surface area contributed by atoms with E-state index < -0.39 is 0 Å².